The topological polar surface area (TPSA) is 53.4 Å². The summed E-state index contributed by atoms with van der Waals surface area (Å²) in [5.74, 6) is -0.390. The highest BCUT2D eigenvalue weighted by Gasteiger charge is 2.27. The summed E-state index contributed by atoms with van der Waals surface area (Å²) in [5.41, 5.74) is 0. The number of carbonyl (C=O) groups is 1. The Hall–Kier alpha value is -0.810. The summed E-state index contributed by atoms with van der Waals surface area (Å²) >= 11 is 7.00. The van der Waals surface area contributed by atoms with Crippen LogP contribution >= 0.6 is 22.9 Å². The van der Waals surface area contributed by atoms with E-state index in [4.69, 9.17) is 16.7 Å². The molecule has 1 aromatic rings. The monoisotopic (exact) mass is 274 g/mol. The number of rotatable bonds is 2. The summed E-state index contributed by atoms with van der Waals surface area (Å²) in [7, 11) is 0. The van der Waals surface area contributed by atoms with Gasteiger partial charge in [0.15, 0.2) is 15.2 Å². The van der Waals surface area contributed by atoms with Crippen LogP contribution in [0.15, 0.2) is 0 Å². The number of hydrogen-bond donors (Lipinski definition) is 1. The van der Waals surface area contributed by atoms with E-state index in [2.05, 4.69) is 23.7 Å². The van der Waals surface area contributed by atoms with Gasteiger partial charge in [0.2, 0.25) is 0 Å². The van der Waals surface area contributed by atoms with Gasteiger partial charge in [-0.15, -0.1) is 0 Å². The fourth-order valence-electron chi connectivity index (χ4n) is 2.10. The second kappa shape index (κ2) is 4.82. The van der Waals surface area contributed by atoms with Crippen molar-refractivity contribution in [1.29, 1.82) is 0 Å². The molecular weight excluding hydrogens is 260 g/mol. The number of aromatic nitrogens is 1. The summed E-state index contributed by atoms with van der Waals surface area (Å²) < 4.78 is 0. The van der Waals surface area contributed by atoms with Gasteiger partial charge in [-0.3, -0.25) is 0 Å². The molecule has 0 spiro atoms. The highest BCUT2D eigenvalue weighted by atomic mass is 35.5. The Labute approximate surface area is 109 Å². The van der Waals surface area contributed by atoms with E-state index in [0.717, 1.165) is 29.4 Å². The molecule has 2 unspecified atom stereocenters. The summed E-state index contributed by atoms with van der Waals surface area (Å²) in [6.07, 6.45) is 2.32. The molecule has 1 aromatic heterocycles. The van der Waals surface area contributed by atoms with Crippen LogP contribution in [-0.4, -0.2) is 28.6 Å². The SMILES string of the molecule is CC1CCC(C)N(c2nc(Cl)c(C(=O)O)s2)C1. The maximum Gasteiger partial charge on any atom is 0.349 e. The summed E-state index contributed by atoms with van der Waals surface area (Å²) in [4.78, 5) is 17.4. The molecule has 2 rings (SSSR count). The third-order valence-electron chi connectivity index (χ3n) is 3.13. The standard InChI is InChI=1S/C11H15ClN2O2S/c1-6-3-4-7(2)14(5-6)11-13-9(12)8(17-11)10(15)16/h6-7H,3-5H2,1-2H3,(H,15,16). The van der Waals surface area contributed by atoms with Gasteiger partial charge < -0.3 is 10.0 Å². The molecule has 0 aliphatic carbocycles. The first kappa shape index (κ1) is 12.6. The Morgan fingerprint density at radius 2 is 2.24 bits per heavy atom. The lowest BCUT2D eigenvalue weighted by Crippen LogP contribution is -2.41. The van der Waals surface area contributed by atoms with Gasteiger partial charge in [-0.1, -0.05) is 29.9 Å². The Morgan fingerprint density at radius 1 is 1.53 bits per heavy atom. The second-order valence-electron chi connectivity index (χ2n) is 4.61. The minimum Gasteiger partial charge on any atom is -0.477 e. The van der Waals surface area contributed by atoms with E-state index < -0.39 is 5.97 Å². The maximum absolute atomic E-state index is 10.9. The molecule has 94 valence electrons. The van der Waals surface area contributed by atoms with E-state index in [1.54, 1.807) is 0 Å². The Balaban J connectivity index is 2.26. The van der Waals surface area contributed by atoms with Crippen LogP contribution in [0.5, 0.6) is 0 Å². The number of thiazole rings is 1. The van der Waals surface area contributed by atoms with E-state index in [0.29, 0.717) is 12.0 Å². The zero-order valence-electron chi connectivity index (χ0n) is 9.81. The first-order valence-corrected chi connectivity index (χ1v) is 6.84. The van der Waals surface area contributed by atoms with Crippen LogP contribution < -0.4 is 4.90 Å². The largest absolute Gasteiger partial charge is 0.477 e. The molecule has 1 aliphatic heterocycles. The van der Waals surface area contributed by atoms with Crippen molar-refractivity contribution in [2.75, 3.05) is 11.4 Å². The van der Waals surface area contributed by atoms with Gasteiger partial charge in [0.1, 0.15) is 0 Å². The van der Waals surface area contributed by atoms with Crippen molar-refractivity contribution in [3.63, 3.8) is 0 Å². The van der Waals surface area contributed by atoms with Crippen LogP contribution in [0.4, 0.5) is 5.13 Å². The number of aromatic carboxylic acids is 1. The highest BCUT2D eigenvalue weighted by molar-refractivity contribution is 7.18. The number of nitrogens with zero attached hydrogens (tertiary/aromatic N) is 2. The van der Waals surface area contributed by atoms with Crippen LogP contribution in [0.25, 0.3) is 0 Å². The highest BCUT2D eigenvalue weighted by Crippen LogP contribution is 2.34. The number of hydrogen-bond acceptors (Lipinski definition) is 4. The third-order valence-corrected chi connectivity index (χ3v) is 4.60. The lowest BCUT2D eigenvalue weighted by atomic mass is 9.96. The fraction of sp³-hybridized carbons (Fsp3) is 0.636. The van der Waals surface area contributed by atoms with Crippen molar-refractivity contribution in [2.24, 2.45) is 5.92 Å². The molecule has 1 saturated heterocycles. The molecule has 1 N–H and O–H groups in total. The Bertz CT molecular complexity index is 435. The molecule has 2 heterocycles. The lowest BCUT2D eigenvalue weighted by Gasteiger charge is -2.36. The average Bonchev–Trinajstić information content (AvgIpc) is 2.64. The van der Waals surface area contributed by atoms with Crippen LogP contribution in [0.3, 0.4) is 0 Å². The molecule has 0 aromatic carbocycles. The van der Waals surface area contributed by atoms with Crippen molar-refractivity contribution < 1.29 is 9.90 Å². The van der Waals surface area contributed by atoms with Gasteiger partial charge >= 0.3 is 5.97 Å². The molecule has 1 fully saturated rings. The number of carboxylic acid groups (broad SMARTS) is 1. The van der Waals surface area contributed by atoms with Crippen LogP contribution in [0.1, 0.15) is 36.4 Å². The summed E-state index contributed by atoms with van der Waals surface area (Å²) in [5, 5.41) is 9.79. The van der Waals surface area contributed by atoms with Gasteiger partial charge in [-0.25, -0.2) is 9.78 Å². The molecule has 6 heteroatoms. The molecule has 17 heavy (non-hydrogen) atoms. The van der Waals surface area contributed by atoms with Crippen LogP contribution in [0, 0.1) is 5.92 Å². The maximum atomic E-state index is 10.9. The fourth-order valence-corrected chi connectivity index (χ4v) is 3.34. The number of anilines is 1. The van der Waals surface area contributed by atoms with Gasteiger partial charge in [-0.05, 0) is 25.7 Å². The Kier molecular flexibility index (Phi) is 3.58. The van der Waals surface area contributed by atoms with Crippen molar-refractivity contribution in [1.82, 2.24) is 4.98 Å². The molecule has 0 saturated carbocycles. The Morgan fingerprint density at radius 3 is 2.82 bits per heavy atom. The predicted octanol–water partition coefficient (Wildman–Crippen LogP) is 3.12. The van der Waals surface area contributed by atoms with Crippen LogP contribution in [0.2, 0.25) is 5.15 Å². The first-order chi connectivity index (χ1) is 7.99. The average molecular weight is 275 g/mol. The van der Waals surface area contributed by atoms with Crippen molar-refractivity contribution in [3.05, 3.63) is 10.0 Å². The van der Waals surface area contributed by atoms with E-state index in [1.165, 1.54) is 6.42 Å². The third kappa shape index (κ3) is 2.55. The zero-order valence-corrected chi connectivity index (χ0v) is 11.4. The predicted molar refractivity (Wildman–Crippen MR) is 69.3 cm³/mol. The minimum absolute atomic E-state index is 0.0999. The van der Waals surface area contributed by atoms with Crippen molar-refractivity contribution in [2.45, 2.75) is 32.7 Å². The molecular formula is C11H15ClN2O2S. The van der Waals surface area contributed by atoms with E-state index in [-0.39, 0.29) is 10.0 Å². The van der Waals surface area contributed by atoms with Gasteiger partial charge in [0.25, 0.3) is 0 Å². The quantitative estimate of drug-likeness (QED) is 0.900. The van der Waals surface area contributed by atoms with E-state index >= 15 is 0 Å². The van der Waals surface area contributed by atoms with Gasteiger partial charge in [0, 0.05) is 12.6 Å². The van der Waals surface area contributed by atoms with Gasteiger partial charge in [-0.2, -0.15) is 0 Å². The molecule has 1 aliphatic rings. The number of carboxylic acids is 1. The number of piperidine rings is 1. The normalized spacial score (nSPS) is 25.0. The molecule has 0 bridgehead atoms. The molecule has 0 radical (unpaired) electrons. The lowest BCUT2D eigenvalue weighted by molar-refractivity contribution is 0.0702. The smallest absolute Gasteiger partial charge is 0.349 e. The molecule has 0 amide bonds. The second-order valence-corrected chi connectivity index (χ2v) is 5.94. The van der Waals surface area contributed by atoms with E-state index in [9.17, 15) is 4.79 Å². The van der Waals surface area contributed by atoms with Crippen molar-refractivity contribution >= 4 is 34.0 Å². The summed E-state index contributed by atoms with van der Waals surface area (Å²) in [6.45, 7) is 5.26. The first-order valence-electron chi connectivity index (χ1n) is 5.65. The summed E-state index contributed by atoms with van der Waals surface area (Å²) in [6, 6.07) is 0.398. The minimum atomic E-state index is -1.00. The van der Waals surface area contributed by atoms with Crippen LogP contribution in [-0.2, 0) is 0 Å². The molecule has 4 nitrogen and oxygen atoms in total. The molecule has 2 atom stereocenters. The van der Waals surface area contributed by atoms with Gasteiger partial charge in [0.05, 0.1) is 0 Å². The zero-order chi connectivity index (χ0) is 12.6. The van der Waals surface area contributed by atoms with Crippen molar-refractivity contribution in [3.8, 4) is 0 Å². The number of halogens is 1. The van der Waals surface area contributed by atoms with E-state index in [1.807, 2.05) is 0 Å².